The monoisotopic (exact) mass is 394 g/mol. The summed E-state index contributed by atoms with van der Waals surface area (Å²) in [5.74, 6) is -1.40. The number of rotatable bonds is 9. The van der Waals surface area contributed by atoms with Crippen LogP contribution in [0, 0.1) is 22.0 Å². The van der Waals surface area contributed by atoms with Crippen molar-refractivity contribution in [3.05, 3.63) is 39.9 Å². The maximum Gasteiger partial charge on any atom is 0.416 e. The summed E-state index contributed by atoms with van der Waals surface area (Å²) in [7, 11) is 1.54. The molecule has 3 atom stereocenters. The summed E-state index contributed by atoms with van der Waals surface area (Å²) in [6, 6.07) is 4.99. The molecular formula is C19H26N2O7. The smallest absolute Gasteiger partial charge is 0.416 e. The highest BCUT2D eigenvalue weighted by molar-refractivity contribution is 5.95. The molecule has 1 aromatic carbocycles. The number of nitro groups is 1. The lowest BCUT2D eigenvalue weighted by atomic mass is 9.89. The molecule has 28 heavy (non-hydrogen) atoms. The van der Waals surface area contributed by atoms with Gasteiger partial charge >= 0.3 is 6.09 Å². The number of nitrogens with zero attached hydrogens (tertiary/aromatic N) is 2. The number of aliphatic hydroxyl groups is 1. The zero-order chi connectivity index (χ0) is 20.8. The van der Waals surface area contributed by atoms with Gasteiger partial charge in [0, 0.05) is 25.8 Å². The Balaban J connectivity index is 2.28. The van der Waals surface area contributed by atoms with Crippen molar-refractivity contribution in [2.75, 3.05) is 20.3 Å². The van der Waals surface area contributed by atoms with Crippen LogP contribution in [0.15, 0.2) is 24.3 Å². The van der Waals surface area contributed by atoms with Gasteiger partial charge in [0.1, 0.15) is 6.61 Å². The maximum atomic E-state index is 13.2. The van der Waals surface area contributed by atoms with Crippen LogP contribution in [0.3, 0.4) is 0 Å². The fourth-order valence-corrected chi connectivity index (χ4v) is 3.25. The lowest BCUT2D eigenvalue weighted by molar-refractivity contribution is -0.384. The normalized spacial score (nSPS) is 18.8. The lowest BCUT2D eigenvalue weighted by Crippen LogP contribution is -2.46. The number of amides is 2. The minimum atomic E-state index is -1.22. The van der Waals surface area contributed by atoms with Gasteiger partial charge in [-0.15, -0.1) is 0 Å². The fraction of sp³-hybridized carbons (Fsp3) is 0.579. The zero-order valence-electron chi connectivity index (χ0n) is 16.2. The molecule has 1 aliphatic rings. The number of cyclic esters (lactones) is 1. The Morgan fingerprint density at radius 2 is 2.04 bits per heavy atom. The van der Waals surface area contributed by atoms with Crippen LogP contribution >= 0.6 is 0 Å². The Hall–Kier alpha value is -2.52. The standard InChI is InChI=1S/C19H26N2O7/c1-12(2)16-11-28-19(24)20(16)18(23)15(5-4-10-27-3)17(22)13-6-8-14(9-7-13)21(25)26/h6-9,12,15-17,22H,4-5,10-11H2,1-3H3/t15-,16-,17-/m1/s1. The van der Waals surface area contributed by atoms with Crippen LogP contribution in [0.2, 0.25) is 0 Å². The van der Waals surface area contributed by atoms with Gasteiger partial charge in [0.2, 0.25) is 5.91 Å². The molecule has 0 unspecified atom stereocenters. The van der Waals surface area contributed by atoms with Crippen LogP contribution in [0.4, 0.5) is 10.5 Å². The number of hydrogen-bond acceptors (Lipinski definition) is 7. The summed E-state index contributed by atoms with van der Waals surface area (Å²) in [6.07, 6.45) is -1.13. The number of ether oxygens (including phenoxy) is 2. The van der Waals surface area contributed by atoms with Crippen molar-refractivity contribution in [3.63, 3.8) is 0 Å². The highest BCUT2D eigenvalue weighted by Crippen LogP contribution is 2.32. The molecule has 1 heterocycles. The van der Waals surface area contributed by atoms with Gasteiger partial charge in [-0.1, -0.05) is 13.8 Å². The molecule has 0 saturated carbocycles. The molecular weight excluding hydrogens is 368 g/mol. The number of non-ortho nitro benzene ring substituents is 1. The zero-order valence-corrected chi connectivity index (χ0v) is 16.2. The molecule has 0 bridgehead atoms. The van der Waals surface area contributed by atoms with E-state index in [9.17, 15) is 24.8 Å². The number of carbonyl (C=O) groups excluding carboxylic acids is 2. The average molecular weight is 394 g/mol. The Morgan fingerprint density at radius 1 is 1.39 bits per heavy atom. The molecule has 1 aliphatic heterocycles. The van der Waals surface area contributed by atoms with E-state index in [-0.39, 0.29) is 18.2 Å². The van der Waals surface area contributed by atoms with Crippen molar-refractivity contribution >= 4 is 17.7 Å². The largest absolute Gasteiger partial charge is 0.447 e. The molecule has 0 aromatic heterocycles. The highest BCUT2D eigenvalue weighted by Gasteiger charge is 2.43. The first kappa shape index (κ1) is 21.8. The molecule has 2 amide bonds. The van der Waals surface area contributed by atoms with Crippen LogP contribution in [-0.2, 0) is 14.3 Å². The molecule has 1 saturated heterocycles. The van der Waals surface area contributed by atoms with E-state index >= 15 is 0 Å². The van der Waals surface area contributed by atoms with Crippen molar-refractivity contribution in [2.45, 2.75) is 38.8 Å². The predicted octanol–water partition coefficient (Wildman–Crippen LogP) is 2.67. The van der Waals surface area contributed by atoms with E-state index in [1.807, 2.05) is 13.8 Å². The van der Waals surface area contributed by atoms with Crippen LogP contribution < -0.4 is 0 Å². The van der Waals surface area contributed by atoms with Gasteiger partial charge in [0.15, 0.2) is 0 Å². The summed E-state index contributed by atoms with van der Waals surface area (Å²) in [5, 5.41) is 21.7. The van der Waals surface area contributed by atoms with E-state index in [0.29, 0.717) is 25.0 Å². The number of benzene rings is 1. The molecule has 9 heteroatoms. The second-order valence-corrected chi connectivity index (χ2v) is 7.13. The van der Waals surface area contributed by atoms with E-state index in [2.05, 4.69) is 0 Å². The summed E-state index contributed by atoms with van der Waals surface area (Å²) >= 11 is 0. The Bertz CT molecular complexity index is 705. The lowest BCUT2D eigenvalue weighted by Gasteiger charge is -2.29. The molecule has 1 N–H and O–H groups in total. The van der Waals surface area contributed by atoms with Crippen molar-refractivity contribution < 1.29 is 29.1 Å². The van der Waals surface area contributed by atoms with Gasteiger partial charge < -0.3 is 14.6 Å². The van der Waals surface area contributed by atoms with Crippen molar-refractivity contribution in [2.24, 2.45) is 11.8 Å². The van der Waals surface area contributed by atoms with Crippen molar-refractivity contribution in [1.29, 1.82) is 0 Å². The number of aliphatic hydroxyl groups excluding tert-OH is 1. The molecule has 154 valence electrons. The first-order valence-corrected chi connectivity index (χ1v) is 9.19. The van der Waals surface area contributed by atoms with Gasteiger partial charge in [0.05, 0.1) is 23.0 Å². The SMILES string of the molecule is COCCC[C@@H](C(=O)N1C(=O)OC[C@@H]1C(C)C)[C@H](O)c1ccc([N+](=O)[O-])cc1. The maximum absolute atomic E-state index is 13.2. The molecule has 0 radical (unpaired) electrons. The number of carbonyl (C=O) groups is 2. The minimum Gasteiger partial charge on any atom is -0.447 e. The van der Waals surface area contributed by atoms with Crippen molar-refractivity contribution in [3.8, 4) is 0 Å². The number of hydrogen-bond donors (Lipinski definition) is 1. The molecule has 2 rings (SSSR count). The van der Waals surface area contributed by atoms with Crippen LogP contribution in [0.25, 0.3) is 0 Å². The summed E-state index contributed by atoms with van der Waals surface area (Å²) in [5.41, 5.74) is 0.260. The van der Waals surface area contributed by atoms with Crippen LogP contribution in [0.5, 0.6) is 0 Å². The minimum absolute atomic E-state index is 0.00606. The summed E-state index contributed by atoms with van der Waals surface area (Å²) < 4.78 is 10.1. The van der Waals surface area contributed by atoms with Gasteiger partial charge in [-0.2, -0.15) is 0 Å². The Kier molecular flexibility index (Phi) is 7.47. The van der Waals surface area contributed by atoms with E-state index in [0.717, 1.165) is 4.90 Å². The highest BCUT2D eigenvalue weighted by atomic mass is 16.6. The molecule has 0 aliphatic carbocycles. The van der Waals surface area contributed by atoms with Gasteiger partial charge in [-0.25, -0.2) is 9.69 Å². The number of nitro benzene ring substituents is 1. The summed E-state index contributed by atoms with van der Waals surface area (Å²) in [4.78, 5) is 36.7. The van der Waals surface area contributed by atoms with Gasteiger partial charge in [0.25, 0.3) is 5.69 Å². The molecule has 0 spiro atoms. The Morgan fingerprint density at radius 3 is 2.57 bits per heavy atom. The van der Waals surface area contributed by atoms with Gasteiger partial charge in [-0.3, -0.25) is 14.9 Å². The van der Waals surface area contributed by atoms with E-state index in [4.69, 9.17) is 9.47 Å². The average Bonchev–Trinajstić information content (AvgIpc) is 3.06. The first-order chi connectivity index (χ1) is 13.3. The third-order valence-corrected chi connectivity index (χ3v) is 4.92. The van der Waals surface area contributed by atoms with Crippen LogP contribution in [0.1, 0.15) is 38.4 Å². The second-order valence-electron chi connectivity index (χ2n) is 7.13. The number of imide groups is 1. The fourth-order valence-electron chi connectivity index (χ4n) is 3.25. The quantitative estimate of drug-likeness (QED) is 0.388. The molecule has 9 nitrogen and oxygen atoms in total. The first-order valence-electron chi connectivity index (χ1n) is 9.19. The number of methoxy groups -OCH3 is 1. The van der Waals surface area contributed by atoms with E-state index in [1.165, 1.54) is 31.4 Å². The van der Waals surface area contributed by atoms with E-state index < -0.39 is 35.0 Å². The van der Waals surface area contributed by atoms with Gasteiger partial charge in [-0.05, 0) is 36.5 Å². The predicted molar refractivity (Wildman–Crippen MR) is 99.5 cm³/mol. The molecule has 1 aromatic rings. The Labute approximate surface area is 163 Å². The van der Waals surface area contributed by atoms with Crippen molar-refractivity contribution in [1.82, 2.24) is 4.90 Å². The third kappa shape index (κ3) is 4.85. The second kappa shape index (κ2) is 9.61. The summed E-state index contributed by atoms with van der Waals surface area (Å²) in [6.45, 7) is 4.30. The topological polar surface area (TPSA) is 119 Å². The molecule has 1 fully saturated rings. The third-order valence-electron chi connectivity index (χ3n) is 4.92. The van der Waals surface area contributed by atoms with Crippen LogP contribution in [-0.4, -0.2) is 53.3 Å². The van der Waals surface area contributed by atoms with E-state index in [1.54, 1.807) is 0 Å².